The second-order valence-corrected chi connectivity index (χ2v) is 9.55. The molecule has 1 amide bonds. The van der Waals surface area contributed by atoms with Crippen molar-refractivity contribution in [2.75, 3.05) is 73.5 Å². The Kier molecular flexibility index (Phi) is 9.92. The Balaban J connectivity index is 0.00000118. The van der Waals surface area contributed by atoms with Crippen molar-refractivity contribution in [3.05, 3.63) is 53.7 Å². The third-order valence-electron chi connectivity index (χ3n) is 6.42. The van der Waals surface area contributed by atoms with Gasteiger partial charge in [0.1, 0.15) is 10.8 Å². The summed E-state index contributed by atoms with van der Waals surface area (Å²) in [6.45, 7) is 3.60. The lowest BCUT2D eigenvalue weighted by atomic mass is 10.2. The van der Waals surface area contributed by atoms with Gasteiger partial charge in [-0.05, 0) is 55.9 Å². The number of ether oxygens (including phenoxy) is 1. The van der Waals surface area contributed by atoms with E-state index in [2.05, 4.69) is 49.6 Å². The number of hydrogen-bond acceptors (Lipinski definition) is 9. The summed E-state index contributed by atoms with van der Waals surface area (Å²) in [4.78, 5) is 35.8. The average Bonchev–Trinajstić information content (AvgIpc) is 2.96. The Bertz CT molecular complexity index is 1310. The lowest BCUT2D eigenvalue weighted by Gasteiger charge is -2.34. The minimum atomic E-state index is -0.497. The predicted octanol–water partition coefficient (Wildman–Crippen LogP) is 4.15. The van der Waals surface area contributed by atoms with E-state index in [1.165, 1.54) is 11.9 Å². The molecular weight excluding hydrogens is 541 g/mol. The van der Waals surface area contributed by atoms with Gasteiger partial charge in [-0.1, -0.05) is 11.6 Å². The molecule has 2 aromatic carbocycles. The molecule has 0 saturated carbocycles. The summed E-state index contributed by atoms with van der Waals surface area (Å²) < 4.78 is 18.3. The molecule has 0 radical (unpaired) electrons. The van der Waals surface area contributed by atoms with Gasteiger partial charge in [-0.3, -0.25) is 14.0 Å². The standard InChI is InChI=1S/C26H29ClFN7O2.CH2O2/c1-33-11-13-34(14-12-33)20-6-3-18(4-7-20)31-26-29-16-21(27)25(32-26)30-19-5-8-23-22(15-19)35(10-2-9-28)24(36)17-37-23;2-1-3/h3-8,15-16H,2,9-14,17H2,1H3,(H2,29,30,31,32);1H,(H,2,3). The van der Waals surface area contributed by atoms with Crippen LogP contribution in [0.15, 0.2) is 48.7 Å². The molecule has 0 atom stereocenters. The number of hydrogen-bond donors (Lipinski definition) is 3. The molecule has 0 unspecified atom stereocenters. The molecule has 2 aliphatic rings. The number of piperazine rings is 1. The number of likely N-dealkylation sites (N-methyl/N-ethyl adjacent to an activating group) is 1. The highest BCUT2D eigenvalue weighted by Gasteiger charge is 2.25. The summed E-state index contributed by atoms with van der Waals surface area (Å²) in [7, 11) is 2.14. The molecule has 1 saturated heterocycles. The summed E-state index contributed by atoms with van der Waals surface area (Å²) in [5, 5.41) is 13.7. The second kappa shape index (κ2) is 13.8. The number of fused-ring (bicyclic) bond motifs is 1. The third kappa shape index (κ3) is 7.27. The van der Waals surface area contributed by atoms with Gasteiger partial charge in [-0.15, -0.1) is 0 Å². The minimum absolute atomic E-state index is 0.0603. The molecule has 40 heavy (non-hydrogen) atoms. The van der Waals surface area contributed by atoms with Gasteiger partial charge < -0.3 is 35.2 Å². The van der Waals surface area contributed by atoms with Crippen molar-refractivity contribution in [1.82, 2.24) is 14.9 Å². The number of alkyl halides is 1. The predicted molar refractivity (Wildman–Crippen MR) is 153 cm³/mol. The summed E-state index contributed by atoms with van der Waals surface area (Å²) >= 11 is 6.37. The topological polar surface area (TPSA) is 123 Å². The third-order valence-corrected chi connectivity index (χ3v) is 6.69. The van der Waals surface area contributed by atoms with Crippen LogP contribution in [0.3, 0.4) is 0 Å². The number of aromatic nitrogens is 2. The number of nitrogens with one attached hydrogen (secondary N) is 2. The molecule has 13 heteroatoms. The van der Waals surface area contributed by atoms with Crippen LogP contribution in [0.2, 0.25) is 5.02 Å². The van der Waals surface area contributed by atoms with E-state index in [1.807, 2.05) is 18.2 Å². The van der Waals surface area contributed by atoms with E-state index in [4.69, 9.17) is 26.2 Å². The van der Waals surface area contributed by atoms with Crippen LogP contribution in [-0.4, -0.2) is 85.4 Å². The molecule has 3 aromatic rings. The van der Waals surface area contributed by atoms with E-state index < -0.39 is 6.67 Å². The Morgan fingerprint density at radius 1 is 1.10 bits per heavy atom. The van der Waals surface area contributed by atoms with Crippen LogP contribution in [0.25, 0.3) is 0 Å². The number of nitrogens with zero attached hydrogens (tertiary/aromatic N) is 5. The van der Waals surface area contributed by atoms with E-state index in [0.29, 0.717) is 33.9 Å². The van der Waals surface area contributed by atoms with Crippen molar-refractivity contribution in [3.8, 4) is 5.75 Å². The number of rotatable bonds is 8. The smallest absolute Gasteiger partial charge is 0.290 e. The van der Waals surface area contributed by atoms with Crippen molar-refractivity contribution >= 4 is 58.5 Å². The van der Waals surface area contributed by atoms with Crippen LogP contribution >= 0.6 is 11.6 Å². The molecule has 3 heterocycles. The molecule has 5 rings (SSSR count). The molecule has 1 aromatic heterocycles. The maximum atomic E-state index is 12.8. The lowest BCUT2D eigenvalue weighted by molar-refractivity contribution is -0.123. The molecule has 0 aliphatic carbocycles. The first-order valence-corrected chi connectivity index (χ1v) is 13.1. The first kappa shape index (κ1) is 28.8. The van der Waals surface area contributed by atoms with Crippen molar-refractivity contribution in [3.63, 3.8) is 0 Å². The average molecular weight is 572 g/mol. The largest absolute Gasteiger partial charge is 0.483 e. The van der Waals surface area contributed by atoms with Gasteiger partial charge in [0.25, 0.3) is 12.4 Å². The zero-order valence-electron chi connectivity index (χ0n) is 22.0. The van der Waals surface area contributed by atoms with Crippen LogP contribution < -0.4 is 25.2 Å². The van der Waals surface area contributed by atoms with Crippen LogP contribution in [0, 0.1) is 0 Å². The molecule has 0 bridgehead atoms. The molecule has 1 fully saturated rings. The van der Waals surface area contributed by atoms with Gasteiger partial charge in [-0.25, -0.2) is 4.98 Å². The Hall–Kier alpha value is -4.16. The Labute approximate surface area is 236 Å². The summed E-state index contributed by atoms with van der Waals surface area (Å²) in [5.41, 5.74) is 3.29. The lowest BCUT2D eigenvalue weighted by Crippen LogP contribution is -2.44. The molecule has 11 nitrogen and oxygen atoms in total. The SMILES string of the molecule is CN1CCN(c2ccc(Nc3ncc(Cl)c(Nc4ccc5c(c4)N(CCCF)C(=O)CO5)n3)cc2)CC1.O=CO. The minimum Gasteiger partial charge on any atom is -0.483 e. The highest BCUT2D eigenvalue weighted by atomic mass is 35.5. The van der Waals surface area contributed by atoms with Crippen molar-refractivity contribution in [2.24, 2.45) is 0 Å². The molecule has 3 N–H and O–H groups in total. The fraction of sp³-hybridized carbons (Fsp3) is 0.333. The van der Waals surface area contributed by atoms with Gasteiger partial charge in [0.05, 0.1) is 18.6 Å². The fourth-order valence-corrected chi connectivity index (χ4v) is 4.48. The van der Waals surface area contributed by atoms with E-state index in [0.717, 1.165) is 31.9 Å². The highest BCUT2D eigenvalue weighted by Crippen LogP contribution is 2.36. The maximum Gasteiger partial charge on any atom is 0.290 e. The number of carbonyl (C=O) groups is 2. The van der Waals surface area contributed by atoms with E-state index in [1.54, 1.807) is 17.0 Å². The number of anilines is 6. The Morgan fingerprint density at radius 3 is 2.50 bits per heavy atom. The number of halogens is 2. The van der Waals surface area contributed by atoms with Crippen LogP contribution in [0.5, 0.6) is 5.75 Å². The molecule has 0 spiro atoms. The normalized spacial score (nSPS) is 14.9. The molecule has 2 aliphatic heterocycles. The fourth-order valence-electron chi connectivity index (χ4n) is 4.34. The number of benzene rings is 2. The molecular formula is C27H31ClFN7O4. The van der Waals surface area contributed by atoms with Gasteiger partial charge in [0.15, 0.2) is 12.4 Å². The first-order chi connectivity index (χ1) is 19.4. The first-order valence-electron chi connectivity index (χ1n) is 12.7. The number of carboxylic acid groups (broad SMARTS) is 1. The van der Waals surface area contributed by atoms with Crippen molar-refractivity contribution in [2.45, 2.75) is 6.42 Å². The summed E-state index contributed by atoms with van der Waals surface area (Å²) in [5.74, 6) is 1.16. The monoisotopic (exact) mass is 571 g/mol. The van der Waals surface area contributed by atoms with Gasteiger partial charge in [0, 0.05) is 49.8 Å². The van der Waals surface area contributed by atoms with Crippen molar-refractivity contribution < 1.29 is 23.8 Å². The van der Waals surface area contributed by atoms with Crippen LogP contribution in [-0.2, 0) is 9.59 Å². The zero-order chi connectivity index (χ0) is 28.5. The van der Waals surface area contributed by atoms with E-state index in [-0.39, 0.29) is 32.0 Å². The molecule has 212 valence electrons. The maximum absolute atomic E-state index is 12.8. The van der Waals surface area contributed by atoms with Gasteiger partial charge in [0.2, 0.25) is 5.95 Å². The number of carbonyl (C=O) groups excluding carboxylic acids is 1. The van der Waals surface area contributed by atoms with E-state index in [9.17, 15) is 9.18 Å². The van der Waals surface area contributed by atoms with Gasteiger partial charge >= 0.3 is 0 Å². The highest BCUT2D eigenvalue weighted by molar-refractivity contribution is 6.32. The van der Waals surface area contributed by atoms with Crippen molar-refractivity contribution in [1.29, 1.82) is 0 Å². The zero-order valence-corrected chi connectivity index (χ0v) is 22.8. The number of amides is 1. The van der Waals surface area contributed by atoms with Gasteiger partial charge in [-0.2, -0.15) is 4.98 Å². The van der Waals surface area contributed by atoms with Crippen LogP contribution in [0.4, 0.5) is 38.9 Å². The van der Waals surface area contributed by atoms with E-state index >= 15 is 0 Å². The summed E-state index contributed by atoms with van der Waals surface area (Å²) in [6, 6.07) is 13.5. The second-order valence-electron chi connectivity index (χ2n) is 9.14. The summed E-state index contributed by atoms with van der Waals surface area (Å²) in [6.07, 6.45) is 1.78. The van der Waals surface area contributed by atoms with Crippen LogP contribution in [0.1, 0.15) is 6.42 Å². The Morgan fingerprint density at radius 2 is 1.80 bits per heavy atom. The quantitative estimate of drug-likeness (QED) is 0.340.